The molecule has 3 rings (SSSR count). The molecule has 0 radical (unpaired) electrons. The van der Waals surface area contributed by atoms with Gasteiger partial charge in [0.15, 0.2) is 0 Å². The zero-order chi connectivity index (χ0) is 18.4. The first kappa shape index (κ1) is 18.5. The fourth-order valence-corrected chi connectivity index (χ4v) is 3.58. The number of hydrogen-bond acceptors (Lipinski definition) is 5. The molecule has 26 heavy (non-hydrogen) atoms. The molecular formula is C21H28N2O3. The Kier molecular flexibility index (Phi) is 6.36. The van der Waals surface area contributed by atoms with Gasteiger partial charge in [-0.2, -0.15) is 0 Å². The lowest BCUT2D eigenvalue weighted by Crippen LogP contribution is -2.33. The van der Waals surface area contributed by atoms with Crippen LogP contribution >= 0.6 is 0 Å². The summed E-state index contributed by atoms with van der Waals surface area (Å²) in [4.78, 5) is 2.51. The van der Waals surface area contributed by atoms with Crippen LogP contribution in [0.3, 0.4) is 0 Å². The van der Waals surface area contributed by atoms with Crippen molar-refractivity contribution in [3.63, 3.8) is 0 Å². The maximum atomic E-state index is 5.70. The first-order valence-corrected chi connectivity index (χ1v) is 9.07. The second-order valence-corrected chi connectivity index (χ2v) is 6.43. The lowest BCUT2D eigenvalue weighted by molar-refractivity contribution is 0.235. The number of nitrogens with one attached hydrogen (secondary N) is 1. The molecule has 1 saturated heterocycles. The Bertz CT molecular complexity index is 712. The average molecular weight is 356 g/mol. The van der Waals surface area contributed by atoms with Gasteiger partial charge < -0.3 is 19.5 Å². The third-order valence-corrected chi connectivity index (χ3v) is 4.88. The Hall–Kier alpha value is -2.24. The van der Waals surface area contributed by atoms with E-state index in [2.05, 4.69) is 28.4 Å². The smallest absolute Gasteiger partial charge is 0.124 e. The van der Waals surface area contributed by atoms with Crippen molar-refractivity contribution in [2.24, 2.45) is 0 Å². The van der Waals surface area contributed by atoms with Crippen molar-refractivity contribution in [2.75, 3.05) is 47.5 Å². The zero-order valence-corrected chi connectivity index (χ0v) is 15.8. The SMILES string of the molecule is COc1cccc(C(c2cc(OC)ccc2OC)N2CCCNCC2)c1. The minimum absolute atomic E-state index is 0.0787. The van der Waals surface area contributed by atoms with Gasteiger partial charge in [-0.3, -0.25) is 4.90 Å². The standard InChI is InChI=1S/C21H28N2O3/c1-24-17-7-4-6-16(14-17)21(23-12-5-10-22-11-13-23)19-15-18(25-2)8-9-20(19)26-3/h4,6-9,14-15,21-22H,5,10-13H2,1-3H3. The second-order valence-electron chi connectivity index (χ2n) is 6.43. The third kappa shape index (κ3) is 4.11. The first-order chi connectivity index (χ1) is 12.8. The molecule has 0 aromatic heterocycles. The van der Waals surface area contributed by atoms with E-state index in [9.17, 15) is 0 Å². The largest absolute Gasteiger partial charge is 0.497 e. The van der Waals surface area contributed by atoms with Crippen LogP contribution in [0, 0.1) is 0 Å². The molecule has 0 spiro atoms. The van der Waals surface area contributed by atoms with Crippen molar-refractivity contribution >= 4 is 0 Å². The third-order valence-electron chi connectivity index (χ3n) is 4.88. The monoisotopic (exact) mass is 356 g/mol. The van der Waals surface area contributed by atoms with E-state index in [1.165, 1.54) is 5.56 Å². The normalized spacial score (nSPS) is 16.6. The van der Waals surface area contributed by atoms with Gasteiger partial charge in [0.25, 0.3) is 0 Å². The summed E-state index contributed by atoms with van der Waals surface area (Å²) in [5.41, 5.74) is 2.31. The van der Waals surface area contributed by atoms with Crippen LogP contribution in [0.2, 0.25) is 0 Å². The highest BCUT2D eigenvalue weighted by molar-refractivity contribution is 5.47. The number of methoxy groups -OCH3 is 3. The van der Waals surface area contributed by atoms with E-state index in [-0.39, 0.29) is 6.04 Å². The van der Waals surface area contributed by atoms with E-state index < -0.39 is 0 Å². The van der Waals surface area contributed by atoms with Crippen LogP contribution in [-0.2, 0) is 0 Å². The van der Waals surface area contributed by atoms with Crippen molar-refractivity contribution in [2.45, 2.75) is 12.5 Å². The Morgan fingerprint density at radius 3 is 2.46 bits per heavy atom. The molecule has 1 atom stereocenters. The number of ether oxygens (including phenoxy) is 3. The van der Waals surface area contributed by atoms with Gasteiger partial charge in [-0.25, -0.2) is 0 Å². The molecule has 2 aromatic carbocycles. The molecular weight excluding hydrogens is 328 g/mol. The Labute approximate surface area is 155 Å². The van der Waals surface area contributed by atoms with Crippen molar-refractivity contribution in [1.29, 1.82) is 0 Å². The van der Waals surface area contributed by atoms with Gasteiger partial charge in [0.2, 0.25) is 0 Å². The Balaban J connectivity index is 2.10. The highest BCUT2D eigenvalue weighted by Gasteiger charge is 2.27. The molecule has 2 aromatic rings. The summed E-state index contributed by atoms with van der Waals surface area (Å²) in [6.45, 7) is 4.03. The van der Waals surface area contributed by atoms with Crippen LogP contribution in [0.25, 0.3) is 0 Å². The number of benzene rings is 2. The first-order valence-electron chi connectivity index (χ1n) is 9.07. The molecule has 5 nitrogen and oxygen atoms in total. The maximum Gasteiger partial charge on any atom is 0.124 e. The lowest BCUT2D eigenvalue weighted by atomic mass is 9.95. The molecule has 1 N–H and O–H groups in total. The van der Waals surface area contributed by atoms with Crippen LogP contribution in [0.15, 0.2) is 42.5 Å². The van der Waals surface area contributed by atoms with Gasteiger partial charge in [0.1, 0.15) is 17.2 Å². The van der Waals surface area contributed by atoms with Gasteiger partial charge in [-0.05, 0) is 48.9 Å². The van der Waals surface area contributed by atoms with Crippen molar-refractivity contribution in [1.82, 2.24) is 10.2 Å². The Morgan fingerprint density at radius 1 is 0.885 bits per heavy atom. The molecule has 0 amide bonds. The molecule has 0 saturated carbocycles. The van der Waals surface area contributed by atoms with Gasteiger partial charge in [-0.15, -0.1) is 0 Å². The van der Waals surface area contributed by atoms with Gasteiger partial charge >= 0.3 is 0 Å². The summed E-state index contributed by atoms with van der Waals surface area (Å²) in [5, 5.41) is 3.49. The minimum atomic E-state index is 0.0787. The fraction of sp³-hybridized carbons (Fsp3) is 0.429. The van der Waals surface area contributed by atoms with E-state index in [4.69, 9.17) is 14.2 Å². The summed E-state index contributed by atoms with van der Waals surface area (Å²) < 4.78 is 16.7. The number of rotatable bonds is 6. The molecule has 1 fully saturated rings. The van der Waals surface area contributed by atoms with Gasteiger partial charge in [0, 0.05) is 25.2 Å². The van der Waals surface area contributed by atoms with Crippen LogP contribution < -0.4 is 19.5 Å². The predicted molar refractivity (Wildman–Crippen MR) is 103 cm³/mol. The van der Waals surface area contributed by atoms with Crippen LogP contribution in [0.5, 0.6) is 17.2 Å². The van der Waals surface area contributed by atoms with Crippen molar-refractivity contribution in [3.8, 4) is 17.2 Å². The summed E-state index contributed by atoms with van der Waals surface area (Å²) in [5.74, 6) is 2.57. The van der Waals surface area contributed by atoms with E-state index in [0.29, 0.717) is 0 Å². The zero-order valence-electron chi connectivity index (χ0n) is 15.8. The topological polar surface area (TPSA) is 43.0 Å². The van der Waals surface area contributed by atoms with Crippen LogP contribution in [0.1, 0.15) is 23.6 Å². The second kappa shape index (κ2) is 8.92. The quantitative estimate of drug-likeness (QED) is 0.862. The Morgan fingerprint density at radius 2 is 1.69 bits per heavy atom. The predicted octanol–water partition coefficient (Wildman–Crippen LogP) is 3.10. The number of hydrogen-bond donors (Lipinski definition) is 1. The van der Waals surface area contributed by atoms with Crippen LogP contribution in [0.4, 0.5) is 0 Å². The van der Waals surface area contributed by atoms with Crippen molar-refractivity contribution in [3.05, 3.63) is 53.6 Å². The summed E-state index contributed by atoms with van der Waals surface area (Å²) in [7, 11) is 5.12. The van der Waals surface area contributed by atoms with E-state index in [1.54, 1.807) is 21.3 Å². The average Bonchev–Trinajstić information content (AvgIpc) is 2.97. The summed E-state index contributed by atoms with van der Waals surface area (Å²) in [6.07, 6.45) is 1.12. The maximum absolute atomic E-state index is 5.70. The molecule has 0 bridgehead atoms. The highest BCUT2D eigenvalue weighted by atomic mass is 16.5. The molecule has 1 unspecified atom stereocenters. The molecule has 140 valence electrons. The summed E-state index contributed by atoms with van der Waals surface area (Å²) in [6, 6.07) is 14.4. The van der Waals surface area contributed by atoms with E-state index in [1.807, 2.05) is 24.3 Å². The molecule has 1 aliphatic rings. The van der Waals surface area contributed by atoms with Crippen molar-refractivity contribution < 1.29 is 14.2 Å². The molecule has 1 aliphatic heterocycles. The molecule has 5 heteroatoms. The van der Waals surface area contributed by atoms with Gasteiger partial charge in [0.05, 0.1) is 27.4 Å². The highest BCUT2D eigenvalue weighted by Crippen LogP contribution is 2.38. The van der Waals surface area contributed by atoms with Gasteiger partial charge in [-0.1, -0.05) is 12.1 Å². The van der Waals surface area contributed by atoms with E-state index in [0.717, 1.165) is 55.4 Å². The van der Waals surface area contributed by atoms with E-state index >= 15 is 0 Å². The summed E-state index contributed by atoms with van der Waals surface area (Å²) >= 11 is 0. The number of nitrogens with zero attached hydrogens (tertiary/aromatic N) is 1. The minimum Gasteiger partial charge on any atom is -0.497 e. The molecule has 1 heterocycles. The fourth-order valence-electron chi connectivity index (χ4n) is 3.58. The molecule has 0 aliphatic carbocycles. The lowest BCUT2D eigenvalue weighted by Gasteiger charge is -2.32. The van der Waals surface area contributed by atoms with Crippen LogP contribution in [-0.4, -0.2) is 52.4 Å².